The zero-order valence-corrected chi connectivity index (χ0v) is 7.25. The van der Waals surface area contributed by atoms with Gasteiger partial charge >= 0.3 is 6.03 Å². The predicted octanol–water partition coefficient (Wildman–Crippen LogP) is -0.0956. The van der Waals surface area contributed by atoms with E-state index < -0.39 is 6.03 Å². The highest BCUT2D eigenvalue weighted by molar-refractivity contribution is 5.87. The van der Waals surface area contributed by atoms with Crippen molar-refractivity contribution in [3.8, 4) is 12.1 Å². The molecule has 1 aromatic heterocycles. The first-order valence-corrected chi connectivity index (χ1v) is 3.60. The Balaban J connectivity index is 2.93. The SMILES string of the molecule is CNC(=O)Nc1nc(C#N)c(C#N)[nH]1. The molecule has 0 aliphatic rings. The highest BCUT2D eigenvalue weighted by Gasteiger charge is 2.10. The van der Waals surface area contributed by atoms with E-state index in [1.54, 1.807) is 12.1 Å². The van der Waals surface area contributed by atoms with Crippen LogP contribution in [0.4, 0.5) is 10.7 Å². The number of aromatic amines is 1. The van der Waals surface area contributed by atoms with Crippen molar-refractivity contribution in [3.05, 3.63) is 11.4 Å². The van der Waals surface area contributed by atoms with Gasteiger partial charge in [0.25, 0.3) is 0 Å². The summed E-state index contributed by atoms with van der Waals surface area (Å²) in [7, 11) is 1.44. The van der Waals surface area contributed by atoms with Gasteiger partial charge in [-0.05, 0) is 0 Å². The van der Waals surface area contributed by atoms with Crippen LogP contribution in [0.15, 0.2) is 0 Å². The van der Waals surface area contributed by atoms with E-state index in [9.17, 15) is 4.79 Å². The fourth-order valence-electron chi connectivity index (χ4n) is 0.764. The number of H-pyrrole nitrogens is 1. The number of nitriles is 2. The van der Waals surface area contributed by atoms with E-state index in [0.717, 1.165) is 0 Å². The third kappa shape index (κ3) is 1.79. The first kappa shape index (κ1) is 9.55. The van der Waals surface area contributed by atoms with Crippen molar-refractivity contribution in [3.63, 3.8) is 0 Å². The van der Waals surface area contributed by atoms with Crippen molar-refractivity contribution in [2.75, 3.05) is 12.4 Å². The predicted molar refractivity (Wildman–Crippen MR) is 46.1 cm³/mol. The Morgan fingerprint density at radius 3 is 2.64 bits per heavy atom. The Morgan fingerprint density at radius 2 is 2.21 bits per heavy atom. The summed E-state index contributed by atoms with van der Waals surface area (Å²) in [5, 5.41) is 21.7. The smallest absolute Gasteiger partial charge is 0.321 e. The second kappa shape index (κ2) is 3.92. The highest BCUT2D eigenvalue weighted by Crippen LogP contribution is 2.07. The fourth-order valence-corrected chi connectivity index (χ4v) is 0.764. The summed E-state index contributed by atoms with van der Waals surface area (Å²) in [4.78, 5) is 17.0. The van der Waals surface area contributed by atoms with E-state index in [1.165, 1.54) is 7.05 Å². The molecule has 2 amide bonds. The van der Waals surface area contributed by atoms with E-state index in [2.05, 4.69) is 20.6 Å². The number of aromatic nitrogens is 2. The van der Waals surface area contributed by atoms with Gasteiger partial charge in [0.15, 0.2) is 11.4 Å². The zero-order chi connectivity index (χ0) is 10.6. The van der Waals surface area contributed by atoms with Crippen LogP contribution in [0.5, 0.6) is 0 Å². The van der Waals surface area contributed by atoms with Crippen LogP contribution in [0.3, 0.4) is 0 Å². The van der Waals surface area contributed by atoms with E-state index >= 15 is 0 Å². The van der Waals surface area contributed by atoms with E-state index in [1.807, 2.05) is 0 Å². The molecule has 0 unspecified atom stereocenters. The minimum absolute atomic E-state index is 0.0268. The molecule has 14 heavy (non-hydrogen) atoms. The van der Waals surface area contributed by atoms with Crippen LogP contribution >= 0.6 is 0 Å². The Hall–Kier alpha value is -2.54. The summed E-state index contributed by atoms with van der Waals surface area (Å²) in [5.41, 5.74) is -0.0159. The molecule has 7 nitrogen and oxygen atoms in total. The van der Waals surface area contributed by atoms with Crippen molar-refractivity contribution in [2.45, 2.75) is 0 Å². The third-order valence-electron chi connectivity index (χ3n) is 1.38. The van der Waals surface area contributed by atoms with Gasteiger partial charge in [-0.25, -0.2) is 9.78 Å². The lowest BCUT2D eigenvalue weighted by molar-refractivity contribution is 0.254. The lowest BCUT2D eigenvalue weighted by Crippen LogP contribution is -2.25. The maximum absolute atomic E-state index is 10.8. The molecule has 70 valence electrons. The molecule has 7 heteroatoms. The van der Waals surface area contributed by atoms with Crippen molar-refractivity contribution in [1.29, 1.82) is 10.5 Å². The van der Waals surface area contributed by atoms with Crippen LogP contribution in [0.1, 0.15) is 11.4 Å². The fraction of sp³-hybridized carbons (Fsp3) is 0.143. The molecule has 0 aromatic carbocycles. The third-order valence-corrected chi connectivity index (χ3v) is 1.38. The Bertz CT molecular complexity index is 403. The van der Waals surface area contributed by atoms with Crippen LogP contribution in [0.2, 0.25) is 0 Å². The molecule has 0 atom stereocenters. The average molecular weight is 190 g/mol. The Labute approximate surface area is 79.4 Å². The lowest BCUT2D eigenvalue weighted by Gasteiger charge is -1.97. The number of imidazole rings is 1. The molecule has 0 fully saturated rings. The van der Waals surface area contributed by atoms with Crippen molar-refractivity contribution < 1.29 is 4.79 Å². The summed E-state index contributed by atoms with van der Waals surface area (Å²) in [6.07, 6.45) is 0. The number of anilines is 1. The zero-order valence-electron chi connectivity index (χ0n) is 7.25. The van der Waals surface area contributed by atoms with Crippen molar-refractivity contribution in [2.24, 2.45) is 0 Å². The van der Waals surface area contributed by atoms with Crippen LogP contribution in [-0.4, -0.2) is 23.0 Å². The largest absolute Gasteiger partial charge is 0.341 e. The molecule has 0 saturated carbocycles. The minimum Gasteiger partial charge on any atom is -0.341 e. The summed E-state index contributed by atoms with van der Waals surface area (Å²) < 4.78 is 0. The van der Waals surface area contributed by atoms with Crippen LogP contribution < -0.4 is 10.6 Å². The Morgan fingerprint density at radius 1 is 1.50 bits per heavy atom. The number of hydrogen-bond donors (Lipinski definition) is 3. The molecule has 0 radical (unpaired) electrons. The van der Waals surface area contributed by atoms with E-state index in [-0.39, 0.29) is 17.3 Å². The normalized spacial score (nSPS) is 8.50. The molecule has 1 rings (SSSR count). The topological polar surface area (TPSA) is 117 Å². The standard InChI is InChI=1S/C7H6N6O/c1-10-7(14)13-6-11-4(2-8)5(3-9)12-6/h1H3,(H3,10,11,12,13,14). The number of rotatable bonds is 1. The lowest BCUT2D eigenvalue weighted by atomic mass is 10.4. The average Bonchev–Trinajstić information content (AvgIpc) is 2.59. The second-order valence-corrected chi connectivity index (χ2v) is 2.24. The number of carbonyl (C=O) groups is 1. The molecule has 1 aromatic rings. The molecule has 0 bridgehead atoms. The van der Waals surface area contributed by atoms with Crippen molar-refractivity contribution >= 4 is 12.0 Å². The number of nitrogens with one attached hydrogen (secondary N) is 3. The second-order valence-electron chi connectivity index (χ2n) is 2.24. The van der Waals surface area contributed by atoms with Crippen LogP contribution in [0.25, 0.3) is 0 Å². The first-order chi connectivity index (χ1) is 6.71. The summed E-state index contributed by atoms with van der Waals surface area (Å²) in [5.74, 6) is 0.0671. The maximum atomic E-state index is 10.8. The number of amides is 2. The van der Waals surface area contributed by atoms with Gasteiger partial charge in [0.1, 0.15) is 12.1 Å². The first-order valence-electron chi connectivity index (χ1n) is 3.60. The molecule has 3 N–H and O–H groups in total. The van der Waals surface area contributed by atoms with E-state index in [0.29, 0.717) is 0 Å². The van der Waals surface area contributed by atoms with Gasteiger partial charge in [0.2, 0.25) is 5.95 Å². The molecule has 0 aliphatic carbocycles. The number of nitrogens with zero attached hydrogens (tertiary/aromatic N) is 3. The van der Waals surface area contributed by atoms with E-state index in [4.69, 9.17) is 10.5 Å². The van der Waals surface area contributed by atoms with Crippen molar-refractivity contribution in [1.82, 2.24) is 15.3 Å². The number of hydrogen-bond acceptors (Lipinski definition) is 4. The molecular formula is C7H6N6O. The van der Waals surface area contributed by atoms with Gasteiger partial charge < -0.3 is 10.3 Å². The van der Waals surface area contributed by atoms with Crippen LogP contribution in [-0.2, 0) is 0 Å². The van der Waals surface area contributed by atoms with Gasteiger partial charge in [-0.1, -0.05) is 0 Å². The van der Waals surface area contributed by atoms with Crippen LogP contribution in [0, 0.1) is 22.7 Å². The van der Waals surface area contributed by atoms with Gasteiger partial charge in [0.05, 0.1) is 0 Å². The summed E-state index contributed by atoms with van der Waals surface area (Å²) in [6, 6.07) is 2.99. The quantitative estimate of drug-likeness (QED) is 0.573. The number of carbonyl (C=O) groups excluding carboxylic acids is 1. The van der Waals surface area contributed by atoms with Gasteiger partial charge in [0, 0.05) is 7.05 Å². The molecule has 0 saturated heterocycles. The van der Waals surface area contributed by atoms with Gasteiger partial charge in [-0.2, -0.15) is 10.5 Å². The molecule has 0 aliphatic heterocycles. The summed E-state index contributed by atoms with van der Waals surface area (Å²) in [6.45, 7) is 0. The highest BCUT2D eigenvalue weighted by atomic mass is 16.2. The number of urea groups is 1. The van der Waals surface area contributed by atoms with Gasteiger partial charge in [-0.15, -0.1) is 0 Å². The molecule has 1 heterocycles. The maximum Gasteiger partial charge on any atom is 0.321 e. The molecular weight excluding hydrogens is 184 g/mol. The monoisotopic (exact) mass is 190 g/mol. The Kier molecular flexibility index (Phi) is 2.67. The summed E-state index contributed by atoms with van der Waals surface area (Å²) >= 11 is 0. The minimum atomic E-state index is -0.479. The molecule has 0 spiro atoms. The van der Waals surface area contributed by atoms with Gasteiger partial charge in [-0.3, -0.25) is 5.32 Å².